The molecule has 1 aliphatic carbocycles. The molecule has 1 saturated carbocycles. The highest BCUT2D eigenvalue weighted by Gasteiger charge is 2.61. The quantitative estimate of drug-likeness (QED) is 0.672. The van der Waals surface area contributed by atoms with Crippen molar-refractivity contribution in [2.75, 3.05) is 13.7 Å². The number of carbonyl (C=O) groups is 2. The highest BCUT2D eigenvalue weighted by molar-refractivity contribution is 6.00. The first kappa shape index (κ1) is 16.2. The highest BCUT2D eigenvalue weighted by Crippen LogP contribution is 2.56. The van der Waals surface area contributed by atoms with Crippen LogP contribution in [0.3, 0.4) is 0 Å². The second kappa shape index (κ2) is 5.93. The van der Waals surface area contributed by atoms with Gasteiger partial charge in [-0.05, 0) is 38.0 Å². The average Bonchev–Trinajstić information content (AvgIpc) is 2.60. The van der Waals surface area contributed by atoms with Crippen molar-refractivity contribution in [3.63, 3.8) is 0 Å². The van der Waals surface area contributed by atoms with E-state index in [1.807, 2.05) is 18.2 Å². The molecule has 6 heteroatoms. The molecule has 25 heavy (non-hydrogen) atoms. The van der Waals surface area contributed by atoms with E-state index in [0.29, 0.717) is 5.75 Å². The Morgan fingerprint density at radius 2 is 2.24 bits per heavy atom. The first-order valence-corrected chi connectivity index (χ1v) is 8.95. The summed E-state index contributed by atoms with van der Waals surface area (Å²) in [6.45, 7) is 2.01. The Morgan fingerprint density at radius 3 is 3.00 bits per heavy atom. The summed E-state index contributed by atoms with van der Waals surface area (Å²) in [5.41, 5.74) is 0.166. The lowest BCUT2D eigenvalue weighted by Gasteiger charge is -2.55. The molecule has 2 aliphatic heterocycles. The van der Waals surface area contributed by atoms with Crippen molar-refractivity contribution in [3.8, 4) is 11.5 Å². The van der Waals surface area contributed by atoms with E-state index < -0.39 is 17.6 Å². The normalized spacial score (nSPS) is 32.6. The fourth-order valence-corrected chi connectivity index (χ4v) is 4.71. The molecule has 1 aromatic rings. The standard InChI is InChI=1S/C19H23NO5/c1-3-24-18(22)16-15-12-10-11(23-2)7-8-14(12)25-19(20-17(16)21)9-5-4-6-13(15)19/h7-8,10,13,15-16H,3-6,9H2,1-2H3,(H,20,21)/t13-,15-,16-,19+/m1/s1. The molecular weight excluding hydrogens is 322 g/mol. The van der Waals surface area contributed by atoms with Gasteiger partial charge in [-0.2, -0.15) is 0 Å². The molecule has 1 N–H and O–H groups in total. The fourth-order valence-electron chi connectivity index (χ4n) is 4.71. The van der Waals surface area contributed by atoms with Crippen LogP contribution in [0.15, 0.2) is 18.2 Å². The average molecular weight is 345 g/mol. The zero-order valence-corrected chi connectivity index (χ0v) is 14.5. The largest absolute Gasteiger partial charge is 0.497 e. The summed E-state index contributed by atoms with van der Waals surface area (Å²) < 4.78 is 16.9. The molecule has 2 heterocycles. The maximum atomic E-state index is 12.8. The topological polar surface area (TPSA) is 73.9 Å². The number of esters is 1. The first-order valence-electron chi connectivity index (χ1n) is 8.95. The van der Waals surface area contributed by atoms with Gasteiger partial charge in [0.15, 0.2) is 5.72 Å². The Hall–Kier alpha value is -2.24. The van der Waals surface area contributed by atoms with Gasteiger partial charge in [0.25, 0.3) is 0 Å². The SMILES string of the molecule is CCOC(=O)[C@H]1C(=O)N[C@]23CCCC[C@@H]2[C@H]1c1cc(OC)ccc1O3. The smallest absolute Gasteiger partial charge is 0.319 e. The Bertz CT molecular complexity index is 718. The molecule has 6 nitrogen and oxygen atoms in total. The van der Waals surface area contributed by atoms with Crippen molar-refractivity contribution in [1.29, 1.82) is 0 Å². The molecule has 2 bridgehead atoms. The number of fused-ring (bicyclic) bond motifs is 2. The van der Waals surface area contributed by atoms with Crippen LogP contribution in [0.2, 0.25) is 0 Å². The number of methoxy groups -OCH3 is 1. The van der Waals surface area contributed by atoms with Gasteiger partial charge < -0.3 is 19.5 Å². The van der Waals surface area contributed by atoms with E-state index in [-0.39, 0.29) is 24.3 Å². The zero-order valence-electron chi connectivity index (χ0n) is 14.5. The number of piperidine rings is 1. The van der Waals surface area contributed by atoms with Crippen LogP contribution in [0, 0.1) is 11.8 Å². The highest BCUT2D eigenvalue weighted by atomic mass is 16.5. The predicted octanol–water partition coefficient (Wildman–Crippen LogP) is 2.37. The van der Waals surface area contributed by atoms with E-state index in [1.54, 1.807) is 14.0 Å². The van der Waals surface area contributed by atoms with Crippen molar-refractivity contribution in [2.24, 2.45) is 11.8 Å². The second-order valence-electron chi connectivity index (χ2n) is 6.99. The van der Waals surface area contributed by atoms with Gasteiger partial charge in [0, 0.05) is 23.8 Å². The number of ether oxygens (including phenoxy) is 3. The van der Waals surface area contributed by atoms with Crippen molar-refractivity contribution < 1.29 is 23.8 Å². The predicted molar refractivity (Wildman–Crippen MR) is 89.3 cm³/mol. The molecule has 0 aromatic heterocycles. The third-order valence-electron chi connectivity index (χ3n) is 5.73. The number of hydrogen-bond donors (Lipinski definition) is 1. The van der Waals surface area contributed by atoms with Gasteiger partial charge in [0.05, 0.1) is 13.7 Å². The van der Waals surface area contributed by atoms with Crippen molar-refractivity contribution >= 4 is 11.9 Å². The molecule has 0 spiro atoms. The van der Waals surface area contributed by atoms with E-state index in [1.165, 1.54) is 0 Å². The van der Waals surface area contributed by atoms with Crippen molar-refractivity contribution in [3.05, 3.63) is 23.8 Å². The van der Waals surface area contributed by atoms with Crippen molar-refractivity contribution in [2.45, 2.75) is 44.2 Å². The van der Waals surface area contributed by atoms with Gasteiger partial charge in [-0.3, -0.25) is 9.59 Å². The maximum Gasteiger partial charge on any atom is 0.319 e. The Kier molecular flexibility index (Phi) is 3.85. The first-order chi connectivity index (χ1) is 12.1. The molecule has 134 valence electrons. The lowest BCUT2D eigenvalue weighted by atomic mass is 9.62. The van der Waals surface area contributed by atoms with Gasteiger partial charge in [-0.15, -0.1) is 0 Å². The molecule has 0 unspecified atom stereocenters. The number of carbonyl (C=O) groups excluding carboxylic acids is 2. The van der Waals surface area contributed by atoms with Gasteiger partial charge in [0.1, 0.15) is 17.4 Å². The zero-order chi connectivity index (χ0) is 17.6. The summed E-state index contributed by atoms with van der Waals surface area (Å²) in [6.07, 6.45) is 3.74. The molecule has 0 radical (unpaired) electrons. The van der Waals surface area contributed by atoms with Crippen LogP contribution in [-0.2, 0) is 14.3 Å². The van der Waals surface area contributed by atoms with Crippen LogP contribution in [0.5, 0.6) is 11.5 Å². The van der Waals surface area contributed by atoms with Crippen LogP contribution in [0.25, 0.3) is 0 Å². The number of benzene rings is 1. The van der Waals surface area contributed by atoms with Gasteiger partial charge in [-0.1, -0.05) is 6.42 Å². The minimum absolute atomic E-state index is 0.0629. The molecule has 4 rings (SSSR count). The van der Waals surface area contributed by atoms with E-state index in [4.69, 9.17) is 14.2 Å². The summed E-state index contributed by atoms with van der Waals surface area (Å²) in [7, 11) is 1.60. The Labute approximate surface area is 146 Å². The number of amides is 1. The summed E-state index contributed by atoms with van der Waals surface area (Å²) in [6, 6.07) is 5.60. The summed E-state index contributed by atoms with van der Waals surface area (Å²) in [4.78, 5) is 25.4. The molecule has 4 atom stereocenters. The minimum Gasteiger partial charge on any atom is -0.497 e. The lowest BCUT2D eigenvalue weighted by molar-refractivity contribution is -0.171. The lowest BCUT2D eigenvalue weighted by Crippen LogP contribution is -2.69. The Balaban J connectivity index is 1.86. The summed E-state index contributed by atoms with van der Waals surface area (Å²) >= 11 is 0. The third kappa shape index (κ3) is 2.38. The Morgan fingerprint density at radius 1 is 1.40 bits per heavy atom. The van der Waals surface area contributed by atoms with Crippen LogP contribution in [0.1, 0.15) is 44.1 Å². The van der Waals surface area contributed by atoms with E-state index >= 15 is 0 Å². The third-order valence-corrected chi connectivity index (χ3v) is 5.73. The molecule has 1 aromatic carbocycles. The fraction of sp³-hybridized carbons (Fsp3) is 0.579. The van der Waals surface area contributed by atoms with Gasteiger partial charge >= 0.3 is 5.97 Å². The molecule has 3 aliphatic rings. The van der Waals surface area contributed by atoms with E-state index in [9.17, 15) is 9.59 Å². The summed E-state index contributed by atoms with van der Waals surface area (Å²) in [5, 5.41) is 3.03. The number of hydrogen-bond acceptors (Lipinski definition) is 5. The van der Waals surface area contributed by atoms with Gasteiger partial charge in [0.2, 0.25) is 5.91 Å². The van der Waals surface area contributed by atoms with Gasteiger partial charge in [-0.25, -0.2) is 0 Å². The monoisotopic (exact) mass is 345 g/mol. The van der Waals surface area contributed by atoms with Crippen molar-refractivity contribution in [1.82, 2.24) is 5.32 Å². The second-order valence-corrected chi connectivity index (χ2v) is 6.99. The number of nitrogens with one attached hydrogen (secondary N) is 1. The molecule has 1 saturated heterocycles. The minimum atomic E-state index is -0.842. The molecule has 2 fully saturated rings. The molecular formula is C19H23NO5. The van der Waals surface area contributed by atoms with Crippen LogP contribution < -0.4 is 14.8 Å². The van der Waals surface area contributed by atoms with E-state index in [2.05, 4.69) is 5.32 Å². The van der Waals surface area contributed by atoms with Crippen LogP contribution in [0.4, 0.5) is 0 Å². The van der Waals surface area contributed by atoms with E-state index in [0.717, 1.165) is 37.0 Å². The maximum absolute atomic E-state index is 12.8. The number of rotatable bonds is 3. The molecule has 1 amide bonds. The summed E-state index contributed by atoms with van der Waals surface area (Å²) in [5.74, 6) is -0.363. The van der Waals surface area contributed by atoms with Crippen LogP contribution in [-0.4, -0.2) is 31.3 Å². The van der Waals surface area contributed by atoms with Crippen LogP contribution >= 0.6 is 0 Å².